The summed E-state index contributed by atoms with van der Waals surface area (Å²) in [6, 6.07) is 5.00. The van der Waals surface area contributed by atoms with Gasteiger partial charge in [-0.15, -0.1) is 0 Å². The predicted octanol–water partition coefficient (Wildman–Crippen LogP) is 0.335. The normalized spacial score (nSPS) is 8.58. The van der Waals surface area contributed by atoms with E-state index in [9.17, 15) is 4.79 Å². The molecule has 0 bridgehead atoms. The number of pyridine rings is 1. The molecule has 0 unspecified atom stereocenters. The zero-order valence-corrected chi connectivity index (χ0v) is 6.32. The smallest absolute Gasteiger partial charge is 0.252 e. The van der Waals surface area contributed by atoms with Crippen molar-refractivity contribution in [2.75, 3.05) is 6.54 Å². The Morgan fingerprint density at radius 3 is 2.83 bits per heavy atom. The van der Waals surface area contributed by atoms with Crippen molar-refractivity contribution in [2.45, 2.75) is 0 Å². The van der Waals surface area contributed by atoms with E-state index >= 15 is 0 Å². The zero-order chi connectivity index (χ0) is 8.81. The van der Waals surface area contributed by atoms with Crippen LogP contribution in [0, 0.1) is 11.3 Å². The van der Waals surface area contributed by atoms with Crippen LogP contribution in [0.15, 0.2) is 24.5 Å². The van der Waals surface area contributed by atoms with Gasteiger partial charge in [0, 0.05) is 18.0 Å². The van der Waals surface area contributed by atoms with E-state index in [0.29, 0.717) is 5.56 Å². The van der Waals surface area contributed by atoms with Gasteiger partial charge in [-0.05, 0) is 12.1 Å². The molecule has 1 heterocycles. The molecule has 1 N–H and O–H groups in total. The number of nitrogens with one attached hydrogen (secondary N) is 1. The van der Waals surface area contributed by atoms with Crippen LogP contribution in [0.4, 0.5) is 0 Å². The van der Waals surface area contributed by atoms with Gasteiger partial charge in [0.25, 0.3) is 5.91 Å². The number of amides is 1. The van der Waals surface area contributed by atoms with Crippen LogP contribution >= 0.6 is 0 Å². The zero-order valence-electron chi connectivity index (χ0n) is 6.32. The molecule has 1 amide bonds. The second-order valence-electron chi connectivity index (χ2n) is 2.08. The SMILES string of the molecule is N#CCNC(=O)c1ccncc1. The third-order valence-corrected chi connectivity index (χ3v) is 1.27. The monoisotopic (exact) mass is 161 g/mol. The average molecular weight is 161 g/mol. The van der Waals surface area contributed by atoms with Gasteiger partial charge in [-0.1, -0.05) is 0 Å². The maximum atomic E-state index is 11.1. The lowest BCUT2D eigenvalue weighted by Crippen LogP contribution is -2.23. The first-order chi connectivity index (χ1) is 5.84. The van der Waals surface area contributed by atoms with E-state index in [-0.39, 0.29) is 12.5 Å². The fourth-order valence-corrected chi connectivity index (χ4v) is 0.725. The highest BCUT2D eigenvalue weighted by atomic mass is 16.1. The van der Waals surface area contributed by atoms with E-state index in [0.717, 1.165) is 0 Å². The van der Waals surface area contributed by atoms with E-state index in [1.54, 1.807) is 12.1 Å². The van der Waals surface area contributed by atoms with Crippen LogP contribution in [0.2, 0.25) is 0 Å². The molecule has 1 aromatic rings. The Morgan fingerprint density at radius 2 is 2.25 bits per heavy atom. The summed E-state index contributed by atoms with van der Waals surface area (Å²) in [4.78, 5) is 14.9. The molecule has 4 nitrogen and oxygen atoms in total. The molecule has 1 aromatic heterocycles. The van der Waals surface area contributed by atoms with Gasteiger partial charge in [0.1, 0.15) is 6.54 Å². The minimum absolute atomic E-state index is 0.0289. The highest BCUT2D eigenvalue weighted by Crippen LogP contribution is 1.94. The van der Waals surface area contributed by atoms with Crippen molar-refractivity contribution in [3.05, 3.63) is 30.1 Å². The van der Waals surface area contributed by atoms with E-state index in [1.165, 1.54) is 12.4 Å². The van der Waals surface area contributed by atoms with Gasteiger partial charge in [-0.3, -0.25) is 9.78 Å². The number of aromatic nitrogens is 1. The van der Waals surface area contributed by atoms with Gasteiger partial charge in [0.15, 0.2) is 0 Å². The largest absolute Gasteiger partial charge is 0.339 e. The van der Waals surface area contributed by atoms with E-state index in [4.69, 9.17) is 5.26 Å². The van der Waals surface area contributed by atoms with Crippen LogP contribution in [-0.2, 0) is 0 Å². The third kappa shape index (κ3) is 2.06. The molecular weight excluding hydrogens is 154 g/mol. The molecule has 0 fully saturated rings. The maximum absolute atomic E-state index is 11.1. The van der Waals surface area contributed by atoms with Crippen LogP contribution in [0.5, 0.6) is 0 Å². The predicted molar refractivity (Wildman–Crippen MR) is 42.2 cm³/mol. The van der Waals surface area contributed by atoms with Crippen LogP contribution in [0.3, 0.4) is 0 Å². The van der Waals surface area contributed by atoms with E-state index in [2.05, 4.69) is 10.3 Å². The van der Waals surface area contributed by atoms with Crippen molar-refractivity contribution in [3.8, 4) is 6.07 Å². The fourth-order valence-electron chi connectivity index (χ4n) is 0.725. The molecular formula is C8H7N3O. The lowest BCUT2D eigenvalue weighted by atomic mass is 10.2. The van der Waals surface area contributed by atoms with Gasteiger partial charge < -0.3 is 5.32 Å². The first-order valence-electron chi connectivity index (χ1n) is 3.40. The molecule has 0 saturated heterocycles. The molecule has 60 valence electrons. The number of nitrogens with zero attached hydrogens (tertiary/aromatic N) is 2. The Labute approximate surface area is 69.8 Å². The van der Waals surface area contributed by atoms with E-state index < -0.39 is 0 Å². The van der Waals surface area contributed by atoms with Gasteiger partial charge in [-0.25, -0.2) is 0 Å². The van der Waals surface area contributed by atoms with Crippen molar-refractivity contribution in [3.63, 3.8) is 0 Å². The number of nitriles is 1. The lowest BCUT2D eigenvalue weighted by Gasteiger charge is -1.98. The third-order valence-electron chi connectivity index (χ3n) is 1.27. The summed E-state index contributed by atoms with van der Waals surface area (Å²) in [6.45, 7) is 0.0289. The highest BCUT2D eigenvalue weighted by Gasteiger charge is 2.01. The Bertz CT molecular complexity index is 302. The van der Waals surface area contributed by atoms with Crippen LogP contribution < -0.4 is 5.32 Å². The Balaban J connectivity index is 2.61. The van der Waals surface area contributed by atoms with Crippen LogP contribution in [0.1, 0.15) is 10.4 Å². The molecule has 0 aliphatic carbocycles. The molecule has 12 heavy (non-hydrogen) atoms. The quantitative estimate of drug-likeness (QED) is 0.636. The van der Waals surface area contributed by atoms with Crippen molar-refractivity contribution in [1.29, 1.82) is 5.26 Å². The summed E-state index contributed by atoms with van der Waals surface area (Å²) in [6.07, 6.45) is 3.06. The molecule has 1 rings (SSSR count). The molecule has 0 aromatic carbocycles. The summed E-state index contributed by atoms with van der Waals surface area (Å²) in [5.41, 5.74) is 0.514. The summed E-state index contributed by atoms with van der Waals surface area (Å²) < 4.78 is 0. The van der Waals surface area contributed by atoms with Crippen LogP contribution in [-0.4, -0.2) is 17.4 Å². The Kier molecular flexibility index (Phi) is 2.79. The number of hydrogen-bond acceptors (Lipinski definition) is 3. The first kappa shape index (κ1) is 8.21. The van der Waals surface area contributed by atoms with Gasteiger partial charge >= 0.3 is 0 Å². The number of rotatable bonds is 2. The number of hydrogen-bond donors (Lipinski definition) is 1. The average Bonchev–Trinajstić information content (AvgIpc) is 2.15. The molecule has 0 radical (unpaired) electrons. The Morgan fingerprint density at radius 1 is 1.58 bits per heavy atom. The molecule has 0 saturated carbocycles. The maximum Gasteiger partial charge on any atom is 0.252 e. The second-order valence-corrected chi connectivity index (χ2v) is 2.08. The summed E-state index contributed by atoms with van der Waals surface area (Å²) in [5.74, 6) is -0.251. The first-order valence-corrected chi connectivity index (χ1v) is 3.40. The van der Waals surface area contributed by atoms with Gasteiger partial charge in [0.2, 0.25) is 0 Å². The molecule has 0 spiro atoms. The fraction of sp³-hybridized carbons (Fsp3) is 0.125. The summed E-state index contributed by atoms with van der Waals surface area (Å²) >= 11 is 0. The Hall–Kier alpha value is -1.89. The standard InChI is InChI=1S/C8H7N3O/c9-3-6-11-8(12)7-1-4-10-5-2-7/h1-2,4-5H,6H2,(H,11,12). The number of carbonyl (C=O) groups excluding carboxylic acids is 1. The summed E-state index contributed by atoms with van der Waals surface area (Å²) in [5, 5.41) is 10.6. The topological polar surface area (TPSA) is 65.8 Å². The molecule has 0 aliphatic rings. The van der Waals surface area contributed by atoms with Gasteiger partial charge in [0.05, 0.1) is 6.07 Å². The van der Waals surface area contributed by atoms with Crippen molar-refractivity contribution in [1.82, 2.24) is 10.3 Å². The summed E-state index contributed by atoms with van der Waals surface area (Å²) in [7, 11) is 0. The van der Waals surface area contributed by atoms with Crippen molar-refractivity contribution >= 4 is 5.91 Å². The minimum Gasteiger partial charge on any atom is -0.339 e. The second kappa shape index (κ2) is 4.09. The van der Waals surface area contributed by atoms with Crippen molar-refractivity contribution < 1.29 is 4.79 Å². The minimum atomic E-state index is -0.251. The molecule has 0 atom stereocenters. The van der Waals surface area contributed by atoms with Crippen molar-refractivity contribution in [2.24, 2.45) is 0 Å². The molecule has 0 aliphatic heterocycles. The van der Waals surface area contributed by atoms with Crippen LogP contribution in [0.25, 0.3) is 0 Å². The van der Waals surface area contributed by atoms with Gasteiger partial charge in [-0.2, -0.15) is 5.26 Å². The highest BCUT2D eigenvalue weighted by molar-refractivity contribution is 5.94. The number of carbonyl (C=O) groups is 1. The lowest BCUT2D eigenvalue weighted by molar-refractivity contribution is 0.0958. The molecule has 4 heteroatoms. The van der Waals surface area contributed by atoms with E-state index in [1.807, 2.05) is 6.07 Å².